The fourth-order valence-corrected chi connectivity index (χ4v) is 2.84. The summed E-state index contributed by atoms with van der Waals surface area (Å²) in [4.78, 5) is 25.3. The van der Waals surface area contributed by atoms with Crippen LogP contribution in [0.5, 0.6) is 0 Å². The molecule has 2 rings (SSSR count). The molecule has 0 bridgehead atoms. The van der Waals surface area contributed by atoms with E-state index in [9.17, 15) is 9.59 Å². The number of nitrogens with zero attached hydrogens (tertiary/aromatic N) is 1. The third-order valence-corrected chi connectivity index (χ3v) is 3.72. The summed E-state index contributed by atoms with van der Waals surface area (Å²) in [5.41, 5.74) is 0. The summed E-state index contributed by atoms with van der Waals surface area (Å²) in [6.45, 7) is 0.734. The minimum atomic E-state index is -0.00894. The van der Waals surface area contributed by atoms with Gasteiger partial charge in [0.05, 0.1) is 11.8 Å². The van der Waals surface area contributed by atoms with Crippen molar-refractivity contribution < 1.29 is 14.7 Å². The summed E-state index contributed by atoms with van der Waals surface area (Å²) in [5, 5.41) is 8.65. The van der Waals surface area contributed by atoms with Crippen molar-refractivity contribution in [3.05, 3.63) is 0 Å². The molecule has 2 aliphatic rings. The molecule has 4 nitrogen and oxygen atoms in total. The lowest BCUT2D eigenvalue weighted by atomic mass is 10.00. The summed E-state index contributed by atoms with van der Waals surface area (Å²) in [6, 6.07) is 0. The fourth-order valence-electron chi connectivity index (χ4n) is 2.84. The van der Waals surface area contributed by atoms with Crippen molar-refractivity contribution in [1.82, 2.24) is 4.90 Å². The largest absolute Gasteiger partial charge is 0.396 e. The summed E-state index contributed by atoms with van der Waals surface area (Å²) in [7, 11) is 0. The van der Waals surface area contributed by atoms with Crippen molar-refractivity contribution in [2.75, 3.05) is 13.2 Å². The van der Waals surface area contributed by atoms with Crippen LogP contribution in [0.25, 0.3) is 0 Å². The first-order chi connectivity index (χ1) is 7.75. The van der Waals surface area contributed by atoms with Crippen molar-refractivity contribution in [3.8, 4) is 0 Å². The topological polar surface area (TPSA) is 57.6 Å². The standard InChI is InChI=1S/C12H19NO3/c14-8-3-1-2-7-13-11(15)9-5-4-6-10(9)12(13)16/h9-10,14H,1-8H2. The number of rotatable bonds is 5. The third-order valence-electron chi connectivity index (χ3n) is 3.72. The van der Waals surface area contributed by atoms with Crippen LogP contribution < -0.4 is 0 Å². The molecule has 0 aromatic carbocycles. The number of imide groups is 1. The van der Waals surface area contributed by atoms with Crippen molar-refractivity contribution in [2.24, 2.45) is 11.8 Å². The Bertz CT molecular complexity index is 268. The lowest BCUT2D eigenvalue weighted by Gasteiger charge is -2.15. The molecule has 1 saturated heterocycles. The normalized spacial score (nSPS) is 28.9. The zero-order chi connectivity index (χ0) is 11.5. The van der Waals surface area contributed by atoms with Gasteiger partial charge in [0.2, 0.25) is 11.8 Å². The number of likely N-dealkylation sites (tertiary alicyclic amines) is 1. The van der Waals surface area contributed by atoms with Crippen LogP contribution >= 0.6 is 0 Å². The van der Waals surface area contributed by atoms with E-state index in [1.165, 1.54) is 4.90 Å². The average Bonchev–Trinajstić information content (AvgIpc) is 2.83. The van der Waals surface area contributed by atoms with Crippen molar-refractivity contribution >= 4 is 11.8 Å². The van der Waals surface area contributed by atoms with Gasteiger partial charge < -0.3 is 5.11 Å². The highest BCUT2D eigenvalue weighted by molar-refractivity contribution is 6.05. The third kappa shape index (κ3) is 1.98. The number of carbonyl (C=O) groups excluding carboxylic acids is 2. The molecule has 0 radical (unpaired) electrons. The zero-order valence-electron chi connectivity index (χ0n) is 9.52. The van der Waals surface area contributed by atoms with Gasteiger partial charge in [0.1, 0.15) is 0 Å². The number of unbranched alkanes of at least 4 members (excludes halogenated alkanes) is 2. The molecular formula is C12H19NO3. The first-order valence-corrected chi connectivity index (χ1v) is 6.22. The van der Waals surface area contributed by atoms with Gasteiger partial charge in [-0.05, 0) is 32.1 Å². The lowest BCUT2D eigenvalue weighted by molar-refractivity contribution is -0.140. The summed E-state index contributed by atoms with van der Waals surface area (Å²) in [6.07, 6.45) is 5.25. The van der Waals surface area contributed by atoms with Crippen molar-refractivity contribution in [2.45, 2.75) is 38.5 Å². The smallest absolute Gasteiger partial charge is 0.233 e. The highest BCUT2D eigenvalue weighted by Gasteiger charge is 2.49. The molecule has 1 aliphatic heterocycles. The van der Waals surface area contributed by atoms with Gasteiger partial charge in [-0.25, -0.2) is 0 Å². The van der Waals surface area contributed by atoms with E-state index < -0.39 is 0 Å². The maximum absolute atomic E-state index is 11.9. The molecule has 1 N–H and O–H groups in total. The minimum absolute atomic E-state index is 0.00894. The molecule has 0 spiro atoms. The second kappa shape index (κ2) is 4.95. The van der Waals surface area contributed by atoms with Crippen LogP contribution in [-0.2, 0) is 9.59 Å². The molecule has 1 aliphatic carbocycles. The molecule has 1 heterocycles. The van der Waals surface area contributed by atoms with Crippen LogP contribution in [0.4, 0.5) is 0 Å². The first kappa shape index (κ1) is 11.6. The Balaban J connectivity index is 1.86. The van der Waals surface area contributed by atoms with Crippen LogP contribution in [0.1, 0.15) is 38.5 Å². The van der Waals surface area contributed by atoms with E-state index in [1.54, 1.807) is 0 Å². The monoisotopic (exact) mass is 225 g/mol. The number of hydrogen-bond donors (Lipinski definition) is 1. The fraction of sp³-hybridized carbons (Fsp3) is 0.833. The Kier molecular flexibility index (Phi) is 3.59. The van der Waals surface area contributed by atoms with Gasteiger partial charge in [-0.1, -0.05) is 6.42 Å². The Hall–Kier alpha value is -0.900. The number of fused-ring (bicyclic) bond motifs is 1. The molecular weight excluding hydrogens is 206 g/mol. The number of aliphatic hydroxyl groups is 1. The van der Waals surface area contributed by atoms with Crippen LogP contribution in [0.15, 0.2) is 0 Å². The van der Waals surface area contributed by atoms with Crippen LogP contribution in [0.2, 0.25) is 0 Å². The Morgan fingerprint density at radius 1 is 1.06 bits per heavy atom. The summed E-state index contributed by atoms with van der Waals surface area (Å²) < 4.78 is 0. The predicted octanol–water partition coefficient (Wildman–Crippen LogP) is 0.934. The van der Waals surface area contributed by atoms with Gasteiger partial charge in [0.25, 0.3) is 0 Å². The Morgan fingerprint density at radius 3 is 2.25 bits per heavy atom. The molecule has 1 saturated carbocycles. The maximum atomic E-state index is 11.9. The highest BCUT2D eigenvalue weighted by Crippen LogP contribution is 2.39. The van der Waals surface area contributed by atoms with Crippen LogP contribution in [0.3, 0.4) is 0 Å². The molecule has 2 atom stereocenters. The summed E-state index contributed by atoms with van der Waals surface area (Å²) >= 11 is 0. The van der Waals surface area contributed by atoms with E-state index in [0.29, 0.717) is 6.54 Å². The van der Waals surface area contributed by atoms with Crippen molar-refractivity contribution in [1.29, 1.82) is 0 Å². The molecule has 4 heteroatoms. The van der Waals surface area contributed by atoms with E-state index in [2.05, 4.69) is 0 Å². The molecule has 90 valence electrons. The number of amides is 2. The van der Waals surface area contributed by atoms with E-state index in [4.69, 9.17) is 5.11 Å². The van der Waals surface area contributed by atoms with Gasteiger partial charge in [-0.15, -0.1) is 0 Å². The molecule has 0 aromatic heterocycles. The number of hydrogen-bond acceptors (Lipinski definition) is 3. The van der Waals surface area contributed by atoms with Crippen LogP contribution in [-0.4, -0.2) is 35.0 Å². The maximum Gasteiger partial charge on any atom is 0.233 e. The lowest BCUT2D eigenvalue weighted by Crippen LogP contribution is -2.32. The van der Waals surface area contributed by atoms with Gasteiger partial charge in [0, 0.05) is 13.2 Å². The minimum Gasteiger partial charge on any atom is -0.396 e. The van der Waals surface area contributed by atoms with Gasteiger partial charge in [0.15, 0.2) is 0 Å². The number of carbonyl (C=O) groups is 2. The molecule has 16 heavy (non-hydrogen) atoms. The first-order valence-electron chi connectivity index (χ1n) is 6.22. The SMILES string of the molecule is O=C1C2CCCC2C(=O)N1CCCCCO. The van der Waals surface area contributed by atoms with E-state index in [0.717, 1.165) is 38.5 Å². The predicted molar refractivity (Wildman–Crippen MR) is 58.5 cm³/mol. The van der Waals surface area contributed by atoms with Gasteiger partial charge in [-0.2, -0.15) is 0 Å². The second-order valence-corrected chi connectivity index (χ2v) is 4.76. The van der Waals surface area contributed by atoms with E-state index in [-0.39, 0.29) is 30.3 Å². The molecule has 2 unspecified atom stereocenters. The Morgan fingerprint density at radius 2 is 1.69 bits per heavy atom. The van der Waals surface area contributed by atoms with Gasteiger partial charge in [-0.3, -0.25) is 14.5 Å². The molecule has 0 aromatic rings. The molecule has 2 fully saturated rings. The van der Waals surface area contributed by atoms with Crippen LogP contribution in [0, 0.1) is 11.8 Å². The average molecular weight is 225 g/mol. The zero-order valence-corrected chi connectivity index (χ0v) is 9.52. The molecule has 2 amide bonds. The second-order valence-electron chi connectivity index (χ2n) is 4.76. The summed E-state index contributed by atoms with van der Waals surface area (Å²) in [5.74, 6) is 0.0867. The van der Waals surface area contributed by atoms with Gasteiger partial charge >= 0.3 is 0 Å². The number of aliphatic hydroxyl groups excluding tert-OH is 1. The Labute approximate surface area is 95.6 Å². The van der Waals surface area contributed by atoms with Crippen molar-refractivity contribution in [3.63, 3.8) is 0 Å². The van der Waals surface area contributed by atoms with E-state index >= 15 is 0 Å². The highest BCUT2D eigenvalue weighted by atomic mass is 16.3. The quantitative estimate of drug-likeness (QED) is 0.559. The van der Waals surface area contributed by atoms with E-state index in [1.807, 2.05) is 0 Å².